The van der Waals surface area contributed by atoms with Crippen molar-refractivity contribution >= 4 is 11.8 Å². The van der Waals surface area contributed by atoms with Gasteiger partial charge in [-0.05, 0) is 25.0 Å². The molecule has 0 amide bonds. The van der Waals surface area contributed by atoms with Crippen LogP contribution in [0.4, 0.5) is 0 Å². The van der Waals surface area contributed by atoms with E-state index in [1.807, 2.05) is 22.8 Å². The van der Waals surface area contributed by atoms with Crippen LogP contribution in [0.5, 0.6) is 11.5 Å². The lowest BCUT2D eigenvalue weighted by molar-refractivity contribution is -0.0186. The molecule has 0 spiro atoms. The normalized spacial score (nSPS) is 15.1. The fraction of sp³-hybridized carbons (Fsp3) is 0.529. The van der Waals surface area contributed by atoms with Gasteiger partial charge >= 0.3 is 0 Å². The van der Waals surface area contributed by atoms with Gasteiger partial charge in [0.15, 0.2) is 11.4 Å². The number of para-hydroxylation sites is 1. The van der Waals surface area contributed by atoms with Crippen LogP contribution in [0.3, 0.4) is 0 Å². The molecule has 0 radical (unpaired) electrons. The Labute approximate surface area is 151 Å². The maximum absolute atomic E-state index is 9.22. The first-order chi connectivity index (χ1) is 12.2. The van der Waals surface area contributed by atoms with Crippen molar-refractivity contribution in [2.75, 3.05) is 20.0 Å². The molecular formula is C17H23N3O4S. The predicted octanol–water partition coefficient (Wildman–Crippen LogP) is 2.34. The highest BCUT2D eigenvalue weighted by atomic mass is 32.2. The predicted molar refractivity (Wildman–Crippen MR) is 94.6 cm³/mol. The summed E-state index contributed by atoms with van der Waals surface area (Å²) in [7, 11) is 3.23. The largest absolute Gasteiger partial charge is 0.494 e. The Morgan fingerprint density at radius 1 is 1.16 bits per heavy atom. The van der Waals surface area contributed by atoms with E-state index in [2.05, 4.69) is 10.2 Å². The number of hydrogen-bond donors (Lipinski definition) is 2. The Hall–Kier alpha value is -1.77. The highest BCUT2D eigenvalue weighted by molar-refractivity contribution is 7.99. The summed E-state index contributed by atoms with van der Waals surface area (Å²) in [6.07, 6.45) is 3.09. The number of aromatic nitrogens is 3. The number of hydrogen-bond acceptors (Lipinski definition) is 7. The summed E-state index contributed by atoms with van der Waals surface area (Å²) >= 11 is 1.25. The van der Waals surface area contributed by atoms with E-state index in [-0.39, 0.29) is 5.75 Å². The van der Waals surface area contributed by atoms with Crippen LogP contribution in [0.15, 0.2) is 23.4 Å². The van der Waals surface area contributed by atoms with E-state index in [4.69, 9.17) is 9.47 Å². The molecule has 25 heavy (non-hydrogen) atoms. The summed E-state index contributed by atoms with van der Waals surface area (Å²) in [5.74, 6) is 2.63. The van der Waals surface area contributed by atoms with Crippen molar-refractivity contribution in [3.63, 3.8) is 0 Å². The number of nitrogens with zero attached hydrogens (tertiary/aromatic N) is 3. The smallest absolute Gasteiger partial charge is 0.196 e. The number of ether oxygens (including phenoxy) is 2. The zero-order chi connectivity index (χ0) is 17.8. The second-order valence-corrected chi connectivity index (χ2v) is 6.95. The van der Waals surface area contributed by atoms with Crippen LogP contribution in [0.2, 0.25) is 0 Å². The molecule has 1 aromatic heterocycles. The molecule has 0 saturated heterocycles. The van der Waals surface area contributed by atoms with Gasteiger partial charge in [0.05, 0.1) is 20.0 Å². The minimum Gasteiger partial charge on any atom is -0.494 e. The lowest BCUT2D eigenvalue weighted by Crippen LogP contribution is -2.11. The van der Waals surface area contributed by atoms with E-state index >= 15 is 0 Å². The fourth-order valence-electron chi connectivity index (χ4n) is 3.23. The van der Waals surface area contributed by atoms with E-state index in [9.17, 15) is 10.2 Å². The van der Waals surface area contributed by atoms with Gasteiger partial charge in [0, 0.05) is 5.92 Å². The van der Waals surface area contributed by atoms with Crippen LogP contribution in [0, 0.1) is 0 Å². The summed E-state index contributed by atoms with van der Waals surface area (Å²) < 4.78 is 13.0. The number of thioether (sulfide) groups is 1. The minimum atomic E-state index is -1.41. The van der Waals surface area contributed by atoms with Crippen molar-refractivity contribution in [1.82, 2.24) is 14.8 Å². The third kappa shape index (κ3) is 3.75. The van der Waals surface area contributed by atoms with Gasteiger partial charge in [0.25, 0.3) is 0 Å². The zero-order valence-electron chi connectivity index (χ0n) is 14.4. The number of benzene rings is 1. The molecule has 1 aliphatic carbocycles. The minimum absolute atomic E-state index is 0.111. The highest BCUT2D eigenvalue weighted by Crippen LogP contribution is 2.41. The van der Waals surface area contributed by atoms with Gasteiger partial charge in [0.1, 0.15) is 23.0 Å². The molecule has 8 heteroatoms. The Balaban J connectivity index is 2.13. The molecule has 1 saturated carbocycles. The topological polar surface area (TPSA) is 89.6 Å². The standard InChI is InChI=1S/C17H23N3O4S/c1-23-12-8-5-9-13(24-2)15(12)20-16(11-6-3-4-7-11)18-19-17(20)25-10-14(21)22/h5,8-9,11,14,21-22H,3-4,6-7,10H2,1-2H3. The van der Waals surface area contributed by atoms with E-state index < -0.39 is 6.29 Å². The third-order valence-corrected chi connectivity index (χ3v) is 5.35. The molecule has 0 unspecified atom stereocenters. The number of aliphatic hydroxyl groups excluding tert-OH is 1. The van der Waals surface area contributed by atoms with Gasteiger partial charge in [-0.25, -0.2) is 0 Å². The van der Waals surface area contributed by atoms with Gasteiger partial charge in [-0.15, -0.1) is 10.2 Å². The average Bonchev–Trinajstić information content (AvgIpc) is 3.28. The second kappa shape index (κ2) is 8.07. The molecular weight excluding hydrogens is 342 g/mol. The van der Waals surface area contributed by atoms with Crippen LogP contribution in [-0.4, -0.2) is 51.2 Å². The SMILES string of the molecule is COc1cccc(OC)c1-n1c(SCC(O)O)nnc1C1CCCC1. The summed E-state index contributed by atoms with van der Waals surface area (Å²) in [4.78, 5) is 0. The highest BCUT2D eigenvalue weighted by Gasteiger charge is 2.28. The van der Waals surface area contributed by atoms with Gasteiger partial charge in [-0.1, -0.05) is 30.7 Å². The quantitative estimate of drug-likeness (QED) is 0.575. The Kier molecular flexibility index (Phi) is 5.82. The van der Waals surface area contributed by atoms with E-state index in [0.29, 0.717) is 22.6 Å². The van der Waals surface area contributed by atoms with E-state index in [1.165, 1.54) is 24.6 Å². The molecule has 7 nitrogen and oxygen atoms in total. The van der Waals surface area contributed by atoms with Crippen LogP contribution in [-0.2, 0) is 0 Å². The third-order valence-electron chi connectivity index (χ3n) is 4.37. The lowest BCUT2D eigenvalue weighted by atomic mass is 10.1. The fourth-order valence-corrected chi connectivity index (χ4v) is 3.94. The molecule has 136 valence electrons. The second-order valence-electron chi connectivity index (χ2n) is 5.96. The molecule has 0 bridgehead atoms. The Morgan fingerprint density at radius 3 is 2.36 bits per heavy atom. The van der Waals surface area contributed by atoms with Crippen LogP contribution < -0.4 is 9.47 Å². The van der Waals surface area contributed by atoms with E-state index in [0.717, 1.165) is 24.4 Å². The molecule has 0 atom stereocenters. The van der Waals surface area contributed by atoms with Gasteiger partial charge in [-0.3, -0.25) is 4.57 Å². The van der Waals surface area contributed by atoms with Crippen LogP contribution >= 0.6 is 11.8 Å². The van der Waals surface area contributed by atoms with Crippen LogP contribution in [0.1, 0.15) is 37.4 Å². The zero-order valence-corrected chi connectivity index (χ0v) is 15.2. The van der Waals surface area contributed by atoms with E-state index in [1.54, 1.807) is 14.2 Å². The molecule has 0 aliphatic heterocycles. The first kappa shape index (κ1) is 18.0. The van der Waals surface area contributed by atoms with Crippen molar-refractivity contribution in [3.05, 3.63) is 24.0 Å². The first-order valence-electron chi connectivity index (χ1n) is 8.31. The van der Waals surface area contributed by atoms with Gasteiger partial charge in [-0.2, -0.15) is 0 Å². The average molecular weight is 365 g/mol. The summed E-state index contributed by atoms with van der Waals surface area (Å²) in [5.41, 5.74) is 0.745. The van der Waals surface area contributed by atoms with Gasteiger partial charge in [0.2, 0.25) is 0 Å². The Morgan fingerprint density at radius 2 is 1.80 bits per heavy atom. The van der Waals surface area contributed by atoms with Gasteiger partial charge < -0.3 is 19.7 Å². The van der Waals surface area contributed by atoms with Crippen molar-refractivity contribution in [2.45, 2.75) is 43.0 Å². The molecule has 2 N–H and O–H groups in total. The maximum atomic E-state index is 9.22. The van der Waals surface area contributed by atoms with Crippen molar-refractivity contribution in [3.8, 4) is 17.2 Å². The molecule has 1 aliphatic rings. The van der Waals surface area contributed by atoms with Crippen molar-refractivity contribution < 1.29 is 19.7 Å². The Bertz CT molecular complexity index is 692. The summed E-state index contributed by atoms with van der Waals surface area (Å²) in [6.45, 7) is 0. The summed E-state index contributed by atoms with van der Waals surface area (Å²) in [5, 5.41) is 27.8. The molecule has 2 aromatic rings. The molecule has 3 rings (SSSR count). The lowest BCUT2D eigenvalue weighted by Gasteiger charge is -2.19. The number of rotatable bonds is 7. The van der Waals surface area contributed by atoms with Crippen molar-refractivity contribution in [1.29, 1.82) is 0 Å². The molecule has 1 aromatic carbocycles. The first-order valence-corrected chi connectivity index (χ1v) is 9.30. The van der Waals surface area contributed by atoms with Crippen molar-refractivity contribution in [2.24, 2.45) is 0 Å². The summed E-state index contributed by atoms with van der Waals surface area (Å²) in [6, 6.07) is 5.60. The molecule has 1 fully saturated rings. The molecule has 1 heterocycles. The maximum Gasteiger partial charge on any atom is 0.196 e. The number of aliphatic hydroxyl groups is 2. The van der Waals surface area contributed by atoms with Crippen LogP contribution in [0.25, 0.3) is 5.69 Å². The monoisotopic (exact) mass is 365 g/mol. The number of methoxy groups -OCH3 is 2.